The molecule has 0 unspecified atom stereocenters. The van der Waals surface area contributed by atoms with Crippen LogP contribution >= 0.6 is 24.0 Å². The van der Waals surface area contributed by atoms with Crippen LogP contribution in [0.25, 0.3) is 6.08 Å². The standard InChI is InChI=1S/C17H10N2O5S2/c20-14-13(8-11-3-1-2-4-18-11)26-17(25)19(14)12-6-9(15(21)22)5-10(7-12)16(23)24/h1-8H,(H,21,22)(H,23,24). The summed E-state index contributed by atoms with van der Waals surface area (Å²) < 4.78 is 0.177. The van der Waals surface area contributed by atoms with Crippen LogP contribution in [0.4, 0.5) is 5.69 Å². The van der Waals surface area contributed by atoms with Crippen LogP contribution in [-0.4, -0.2) is 37.4 Å². The SMILES string of the molecule is O=C(O)c1cc(C(=O)O)cc(N2C(=O)C(=Cc3ccccn3)SC2=S)c1. The van der Waals surface area contributed by atoms with Crippen molar-refractivity contribution in [3.8, 4) is 0 Å². The van der Waals surface area contributed by atoms with Crippen LogP contribution in [0.5, 0.6) is 0 Å². The summed E-state index contributed by atoms with van der Waals surface area (Å²) in [5, 5.41) is 18.4. The molecule has 2 N–H and O–H groups in total. The smallest absolute Gasteiger partial charge is 0.335 e. The highest BCUT2D eigenvalue weighted by atomic mass is 32.2. The van der Waals surface area contributed by atoms with Crippen LogP contribution in [-0.2, 0) is 4.79 Å². The second-order valence-electron chi connectivity index (χ2n) is 5.15. The normalized spacial score (nSPS) is 15.5. The number of aromatic carboxylic acids is 2. The molecule has 1 aliphatic heterocycles. The molecule has 26 heavy (non-hydrogen) atoms. The van der Waals surface area contributed by atoms with Gasteiger partial charge in [-0.3, -0.25) is 14.7 Å². The fourth-order valence-corrected chi connectivity index (χ4v) is 3.56. The van der Waals surface area contributed by atoms with Crippen molar-refractivity contribution < 1.29 is 24.6 Å². The zero-order valence-electron chi connectivity index (χ0n) is 12.9. The summed E-state index contributed by atoms with van der Waals surface area (Å²) in [4.78, 5) is 40.8. The van der Waals surface area contributed by atoms with E-state index in [1.807, 2.05) is 0 Å². The first-order valence-electron chi connectivity index (χ1n) is 7.17. The van der Waals surface area contributed by atoms with Gasteiger partial charge in [0.1, 0.15) is 0 Å². The van der Waals surface area contributed by atoms with E-state index in [4.69, 9.17) is 12.2 Å². The summed E-state index contributed by atoms with van der Waals surface area (Å²) in [6.45, 7) is 0. The minimum Gasteiger partial charge on any atom is -0.478 e. The maximum absolute atomic E-state index is 12.7. The number of hydrogen-bond acceptors (Lipinski definition) is 6. The number of aromatic nitrogens is 1. The molecule has 0 aliphatic carbocycles. The summed E-state index contributed by atoms with van der Waals surface area (Å²) in [5.74, 6) is -3.07. The van der Waals surface area contributed by atoms with Gasteiger partial charge in [0.2, 0.25) is 0 Å². The molecule has 7 nitrogen and oxygen atoms in total. The molecular formula is C17H10N2O5S2. The highest BCUT2D eigenvalue weighted by Gasteiger charge is 2.34. The van der Waals surface area contributed by atoms with E-state index in [1.54, 1.807) is 30.5 Å². The quantitative estimate of drug-likeness (QED) is 0.610. The van der Waals surface area contributed by atoms with Gasteiger partial charge in [-0.15, -0.1) is 0 Å². The highest BCUT2D eigenvalue weighted by molar-refractivity contribution is 8.27. The highest BCUT2D eigenvalue weighted by Crippen LogP contribution is 2.36. The molecule has 0 atom stereocenters. The lowest BCUT2D eigenvalue weighted by molar-refractivity contribution is -0.113. The Kier molecular flexibility index (Phi) is 4.83. The van der Waals surface area contributed by atoms with Crippen molar-refractivity contribution in [1.82, 2.24) is 4.98 Å². The van der Waals surface area contributed by atoms with Gasteiger partial charge >= 0.3 is 11.9 Å². The average Bonchev–Trinajstić information content (AvgIpc) is 2.89. The zero-order valence-corrected chi connectivity index (χ0v) is 14.6. The number of hydrogen-bond donors (Lipinski definition) is 2. The van der Waals surface area contributed by atoms with Crippen molar-refractivity contribution in [2.45, 2.75) is 0 Å². The van der Waals surface area contributed by atoms with Crippen LogP contribution in [0, 0.1) is 0 Å². The van der Waals surface area contributed by atoms with Gasteiger partial charge in [0.05, 0.1) is 27.4 Å². The van der Waals surface area contributed by atoms with Gasteiger partial charge < -0.3 is 10.2 Å². The van der Waals surface area contributed by atoms with Crippen molar-refractivity contribution in [3.63, 3.8) is 0 Å². The molecule has 2 aromatic rings. The Morgan fingerprint density at radius 3 is 2.31 bits per heavy atom. The molecule has 0 radical (unpaired) electrons. The summed E-state index contributed by atoms with van der Waals surface area (Å²) >= 11 is 6.26. The van der Waals surface area contributed by atoms with Crippen molar-refractivity contribution in [2.24, 2.45) is 0 Å². The van der Waals surface area contributed by atoms with Gasteiger partial charge in [-0.1, -0.05) is 30.0 Å². The topological polar surface area (TPSA) is 108 Å². The summed E-state index contributed by atoms with van der Waals surface area (Å²) in [6.07, 6.45) is 3.15. The van der Waals surface area contributed by atoms with Gasteiger partial charge in [-0.2, -0.15) is 0 Å². The van der Waals surface area contributed by atoms with E-state index in [0.29, 0.717) is 10.6 Å². The van der Waals surface area contributed by atoms with E-state index in [2.05, 4.69) is 4.98 Å². The maximum Gasteiger partial charge on any atom is 0.335 e. The fourth-order valence-electron chi connectivity index (χ4n) is 2.27. The number of amides is 1. The van der Waals surface area contributed by atoms with Gasteiger partial charge in [0.25, 0.3) is 5.91 Å². The monoisotopic (exact) mass is 386 g/mol. The van der Waals surface area contributed by atoms with Crippen LogP contribution in [0.2, 0.25) is 0 Å². The molecule has 0 spiro atoms. The van der Waals surface area contributed by atoms with E-state index < -0.39 is 17.8 Å². The number of benzene rings is 1. The fraction of sp³-hybridized carbons (Fsp3) is 0. The largest absolute Gasteiger partial charge is 0.478 e. The van der Waals surface area contributed by atoms with Gasteiger partial charge in [0.15, 0.2) is 4.32 Å². The van der Waals surface area contributed by atoms with Crippen molar-refractivity contribution in [3.05, 3.63) is 64.3 Å². The van der Waals surface area contributed by atoms with E-state index in [0.717, 1.165) is 22.7 Å². The summed E-state index contributed by atoms with van der Waals surface area (Å²) in [5.41, 5.74) is 0.165. The average molecular weight is 386 g/mol. The number of carbonyl (C=O) groups excluding carboxylic acids is 1. The van der Waals surface area contributed by atoms with Crippen molar-refractivity contribution in [1.29, 1.82) is 0 Å². The Morgan fingerprint density at radius 1 is 1.12 bits per heavy atom. The molecule has 1 saturated heterocycles. The van der Waals surface area contributed by atoms with Crippen LogP contribution < -0.4 is 4.90 Å². The van der Waals surface area contributed by atoms with E-state index in [9.17, 15) is 24.6 Å². The molecule has 3 rings (SSSR count). The lowest BCUT2D eigenvalue weighted by Crippen LogP contribution is -2.28. The third kappa shape index (κ3) is 3.48. The molecule has 1 amide bonds. The van der Waals surface area contributed by atoms with Gasteiger partial charge in [-0.05, 0) is 36.4 Å². The molecule has 9 heteroatoms. The Hall–Kier alpha value is -3.04. The summed E-state index contributed by atoms with van der Waals surface area (Å²) in [6, 6.07) is 8.69. The first kappa shape index (κ1) is 17.8. The van der Waals surface area contributed by atoms with Crippen LogP contribution in [0.3, 0.4) is 0 Å². The lowest BCUT2D eigenvalue weighted by Gasteiger charge is -2.16. The second kappa shape index (κ2) is 7.06. The predicted octanol–water partition coefficient (Wildman–Crippen LogP) is 2.88. The van der Waals surface area contributed by atoms with Crippen molar-refractivity contribution in [2.75, 3.05) is 4.90 Å². The molecule has 1 aliphatic rings. The third-order valence-electron chi connectivity index (χ3n) is 3.43. The van der Waals surface area contributed by atoms with Crippen molar-refractivity contribution >= 4 is 57.9 Å². The van der Waals surface area contributed by atoms with Crippen LogP contribution in [0.1, 0.15) is 26.4 Å². The molecule has 1 aromatic heterocycles. The Labute approximate surface area is 157 Å². The minimum atomic E-state index is -1.30. The first-order valence-corrected chi connectivity index (χ1v) is 8.40. The van der Waals surface area contributed by atoms with Gasteiger partial charge in [-0.25, -0.2) is 9.59 Å². The number of anilines is 1. The molecule has 2 heterocycles. The molecular weight excluding hydrogens is 376 g/mol. The number of rotatable bonds is 4. The molecule has 1 fully saturated rings. The number of nitrogens with zero attached hydrogens (tertiary/aromatic N) is 2. The van der Waals surface area contributed by atoms with E-state index in [-0.39, 0.29) is 21.1 Å². The predicted molar refractivity (Wildman–Crippen MR) is 100 cm³/mol. The van der Waals surface area contributed by atoms with Gasteiger partial charge in [0, 0.05) is 6.20 Å². The number of carbonyl (C=O) groups is 3. The number of carboxylic acid groups (broad SMARTS) is 2. The number of carboxylic acids is 2. The third-order valence-corrected chi connectivity index (χ3v) is 4.73. The Bertz CT molecular complexity index is 940. The molecule has 0 saturated carbocycles. The Balaban J connectivity index is 2.03. The number of thioether (sulfide) groups is 1. The second-order valence-corrected chi connectivity index (χ2v) is 6.83. The Morgan fingerprint density at radius 2 is 1.77 bits per heavy atom. The minimum absolute atomic E-state index is 0.0919. The maximum atomic E-state index is 12.7. The zero-order chi connectivity index (χ0) is 18.8. The number of thiocarbonyl (C=S) groups is 1. The molecule has 130 valence electrons. The van der Waals surface area contributed by atoms with Crippen LogP contribution in [0.15, 0.2) is 47.5 Å². The number of pyridine rings is 1. The van der Waals surface area contributed by atoms with E-state index in [1.165, 1.54) is 12.1 Å². The van der Waals surface area contributed by atoms with E-state index >= 15 is 0 Å². The first-order chi connectivity index (χ1) is 12.4. The lowest BCUT2D eigenvalue weighted by atomic mass is 10.1. The summed E-state index contributed by atoms with van der Waals surface area (Å²) in [7, 11) is 0. The molecule has 1 aromatic carbocycles. The molecule has 0 bridgehead atoms.